The minimum atomic E-state index is -0.694. The molecule has 0 aromatic heterocycles. The molecule has 0 radical (unpaired) electrons. The Morgan fingerprint density at radius 3 is 2.12 bits per heavy atom. The van der Waals surface area contributed by atoms with Crippen LogP contribution in [0.4, 0.5) is 11.4 Å². The number of hydrogen-bond donors (Lipinski definition) is 1. The molecule has 1 rings (SSSR count). The number of nitro benzene ring substituents is 1. The van der Waals surface area contributed by atoms with E-state index in [2.05, 4.69) is 5.32 Å². The largest absolute Gasteiger partial charge is 0.321 e. The molecule has 90 valence electrons. The molecule has 0 aliphatic carbocycles. The van der Waals surface area contributed by atoms with Crippen LogP contribution in [0.25, 0.3) is 0 Å². The lowest BCUT2D eigenvalue weighted by atomic mass is 10.3. The van der Waals surface area contributed by atoms with E-state index in [4.69, 9.17) is 34.8 Å². The van der Waals surface area contributed by atoms with Gasteiger partial charge in [0.05, 0.1) is 4.92 Å². The number of nitrogens with zero attached hydrogens (tertiary/aromatic N) is 1. The number of carbonyl (C=O) groups excluding carboxylic acids is 1. The molecule has 8 heteroatoms. The maximum atomic E-state index is 11.4. The van der Waals surface area contributed by atoms with E-state index < -0.39 is 10.8 Å². The second kappa shape index (κ2) is 5.86. The molecule has 0 bridgehead atoms. The maximum Gasteiger partial charge on any atom is 0.269 e. The van der Waals surface area contributed by atoms with E-state index in [0.29, 0.717) is 5.69 Å². The van der Waals surface area contributed by atoms with E-state index >= 15 is 0 Å². The Hall–Kier alpha value is -1.30. The van der Waals surface area contributed by atoms with Crippen molar-refractivity contribution >= 4 is 52.1 Å². The second-order valence-corrected chi connectivity index (χ2v) is 4.16. The molecule has 1 amide bonds. The molecule has 0 heterocycles. The van der Waals surface area contributed by atoms with Gasteiger partial charge < -0.3 is 5.32 Å². The average molecular weight is 296 g/mol. The predicted molar refractivity (Wildman–Crippen MR) is 66.3 cm³/mol. The van der Waals surface area contributed by atoms with E-state index in [-0.39, 0.29) is 15.2 Å². The third-order valence-corrected chi connectivity index (χ3v) is 2.63. The fraction of sp³-hybridized carbons (Fsp3) is 0. The topological polar surface area (TPSA) is 72.2 Å². The van der Waals surface area contributed by atoms with Crippen LogP contribution in [0.5, 0.6) is 0 Å². The number of anilines is 1. The SMILES string of the molecule is O=C(Nc1ccc([N+](=O)[O-])cc1)C(Cl)=C(Cl)Cl. The number of non-ortho nitro benzene ring substituents is 1. The summed E-state index contributed by atoms with van der Waals surface area (Å²) in [6.07, 6.45) is 0. The highest BCUT2D eigenvalue weighted by Crippen LogP contribution is 2.20. The molecule has 0 saturated carbocycles. The summed E-state index contributed by atoms with van der Waals surface area (Å²) < 4.78 is -0.355. The van der Waals surface area contributed by atoms with E-state index in [1.165, 1.54) is 24.3 Å². The quantitative estimate of drug-likeness (QED) is 0.527. The van der Waals surface area contributed by atoms with Crippen molar-refractivity contribution in [2.45, 2.75) is 0 Å². The van der Waals surface area contributed by atoms with Crippen LogP contribution in [0.15, 0.2) is 33.8 Å². The highest BCUT2D eigenvalue weighted by atomic mass is 35.5. The summed E-state index contributed by atoms with van der Waals surface area (Å²) in [5, 5.41) is 12.4. The summed E-state index contributed by atoms with van der Waals surface area (Å²) in [6, 6.07) is 5.22. The predicted octanol–water partition coefficient (Wildman–Crippen LogP) is 3.42. The Morgan fingerprint density at radius 1 is 1.18 bits per heavy atom. The lowest BCUT2D eigenvalue weighted by Crippen LogP contribution is -2.11. The van der Waals surface area contributed by atoms with Crippen molar-refractivity contribution in [3.8, 4) is 0 Å². The third-order valence-electron chi connectivity index (χ3n) is 1.70. The molecule has 1 N–H and O–H groups in total. The van der Waals surface area contributed by atoms with Gasteiger partial charge in [0.15, 0.2) is 0 Å². The van der Waals surface area contributed by atoms with Crippen molar-refractivity contribution in [1.82, 2.24) is 0 Å². The van der Waals surface area contributed by atoms with E-state index in [0.717, 1.165) is 0 Å². The zero-order chi connectivity index (χ0) is 13.0. The molecule has 0 saturated heterocycles. The Labute approximate surface area is 111 Å². The van der Waals surface area contributed by atoms with Crippen LogP contribution in [0.3, 0.4) is 0 Å². The number of benzene rings is 1. The summed E-state index contributed by atoms with van der Waals surface area (Å²) in [5.74, 6) is -0.694. The minimum Gasteiger partial charge on any atom is -0.321 e. The number of nitro groups is 1. The van der Waals surface area contributed by atoms with E-state index in [1.54, 1.807) is 0 Å². The van der Waals surface area contributed by atoms with Crippen LogP contribution >= 0.6 is 34.8 Å². The van der Waals surface area contributed by atoms with Gasteiger partial charge in [-0.15, -0.1) is 0 Å². The monoisotopic (exact) mass is 294 g/mol. The van der Waals surface area contributed by atoms with Gasteiger partial charge >= 0.3 is 0 Å². The van der Waals surface area contributed by atoms with Crippen molar-refractivity contribution in [3.63, 3.8) is 0 Å². The molecular weight excluding hydrogens is 290 g/mol. The molecule has 5 nitrogen and oxygen atoms in total. The van der Waals surface area contributed by atoms with E-state index in [1.807, 2.05) is 0 Å². The van der Waals surface area contributed by atoms with Gasteiger partial charge in [0, 0.05) is 17.8 Å². The normalized spacial score (nSPS) is 9.59. The maximum absolute atomic E-state index is 11.4. The van der Waals surface area contributed by atoms with Gasteiger partial charge in [-0.3, -0.25) is 14.9 Å². The molecule has 0 unspecified atom stereocenters. The Kier molecular flexibility index (Phi) is 4.74. The van der Waals surface area contributed by atoms with Gasteiger partial charge in [-0.05, 0) is 12.1 Å². The smallest absolute Gasteiger partial charge is 0.269 e. The summed E-state index contributed by atoms with van der Waals surface area (Å²) in [7, 11) is 0. The zero-order valence-electron chi connectivity index (χ0n) is 8.12. The van der Waals surface area contributed by atoms with Crippen molar-refractivity contribution < 1.29 is 9.72 Å². The molecule has 1 aromatic carbocycles. The summed E-state index contributed by atoms with van der Waals surface area (Å²) in [6.45, 7) is 0. The molecule has 0 aliphatic rings. The minimum absolute atomic E-state index is 0.0833. The number of amides is 1. The molecule has 0 fully saturated rings. The molecule has 17 heavy (non-hydrogen) atoms. The number of nitrogens with one attached hydrogen (secondary N) is 1. The summed E-state index contributed by atoms with van der Waals surface area (Å²) in [5.41, 5.74) is 0.258. The van der Waals surface area contributed by atoms with Crippen LogP contribution in [-0.2, 0) is 4.79 Å². The van der Waals surface area contributed by atoms with Crippen LogP contribution in [-0.4, -0.2) is 10.8 Å². The molecular formula is C9H5Cl3N2O3. The van der Waals surface area contributed by atoms with Gasteiger partial charge in [-0.1, -0.05) is 34.8 Å². The lowest BCUT2D eigenvalue weighted by molar-refractivity contribution is -0.384. The summed E-state index contributed by atoms with van der Waals surface area (Å²) in [4.78, 5) is 21.2. The Morgan fingerprint density at radius 2 is 1.71 bits per heavy atom. The first kappa shape index (κ1) is 13.8. The molecule has 0 spiro atoms. The fourth-order valence-electron chi connectivity index (χ4n) is 0.938. The number of halogens is 3. The third kappa shape index (κ3) is 3.89. The van der Waals surface area contributed by atoms with Gasteiger partial charge in [0.1, 0.15) is 9.52 Å². The van der Waals surface area contributed by atoms with Gasteiger partial charge in [-0.25, -0.2) is 0 Å². The molecule has 0 atom stereocenters. The Balaban J connectivity index is 2.80. The first-order valence-corrected chi connectivity index (χ1v) is 5.32. The molecule has 0 aliphatic heterocycles. The molecule has 1 aromatic rings. The first-order valence-electron chi connectivity index (χ1n) is 4.18. The van der Waals surface area contributed by atoms with Crippen LogP contribution in [0.1, 0.15) is 0 Å². The van der Waals surface area contributed by atoms with E-state index in [9.17, 15) is 14.9 Å². The average Bonchev–Trinajstić information content (AvgIpc) is 2.28. The van der Waals surface area contributed by atoms with Gasteiger partial charge in [-0.2, -0.15) is 0 Å². The first-order chi connectivity index (χ1) is 7.91. The van der Waals surface area contributed by atoms with Crippen LogP contribution < -0.4 is 5.32 Å². The standard InChI is InChI=1S/C9H5Cl3N2O3/c10-7(8(11)12)9(15)13-5-1-3-6(4-2-5)14(16)17/h1-4H,(H,13,15). The van der Waals surface area contributed by atoms with Crippen molar-refractivity contribution in [1.29, 1.82) is 0 Å². The highest BCUT2D eigenvalue weighted by Gasteiger charge is 2.11. The van der Waals surface area contributed by atoms with Crippen LogP contribution in [0.2, 0.25) is 0 Å². The second-order valence-electron chi connectivity index (χ2n) is 2.83. The van der Waals surface area contributed by atoms with Gasteiger partial charge in [0.25, 0.3) is 11.6 Å². The number of rotatable bonds is 3. The Bertz CT molecular complexity index is 481. The fourth-order valence-corrected chi connectivity index (χ4v) is 1.16. The lowest BCUT2D eigenvalue weighted by Gasteiger charge is -2.03. The summed E-state index contributed by atoms with van der Waals surface area (Å²) >= 11 is 16.1. The number of hydrogen-bond acceptors (Lipinski definition) is 3. The van der Waals surface area contributed by atoms with Gasteiger partial charge in [0.2, 0.25) is 0 Å². The number of carbonyl (C=O) groups is 1. The van der Waals surface area contributed by atoms with Crippen molar-refractivity contribution in [3.05, 3.63) is 43.9 Å². The zero-order valence-corrected chi connectivity index (χ0v) is 10.4. The highest BCUT2D eigenvalue weighted by molar-refractivity contribution is 6.63. The van der Waals surface area contributed by atoms with Crippen molar-refractivity contribution in [2.24, 2.45) is 0 Å². The van der Waals surface area contributed by atoms with Crippen LogP contribution in [0, 0.1) is 10.1 Å². The van der Waals surface area contributed by atoms with Crippen molar-refractivity contribution in [2.75, 3.05) is 5.32 Å².